The lowest BCUT2D eigenvalue weighted by atomic mass is 9.72. The first-order valence-corrected chi connectivity index (χ1v) is 7.53. The van der Waals surface area contributed by atoms with Crippen molar-refractivity contribution >= 4 is 0 Å². The Bertz CT molecular complexity index is 307. The van der Waals surface area contributed by atoms with Crippen molar-refractivity contribution in [1.29, 1.82) is 0 Å². The van der Waals surface area contributed by atoms with Gasteiger partial charge in [0.2, 0.25) is 6.17 Å². The number of hydrogen-bond acceptors (Lipinski definition) is 0. The Hall–Kier alpha value is -0.340. The van der Waals surface area contributed by atoms with Gasteiger partial charge >= 0.3 is 0 Å². The largest absolute Gasteiger partial charge is 0.281 e. The summed E-state index contributed by atoms with van der Waals surface area (Å²) in [5.74, 6) is 2.61. The van der Waals surface area contributed by atoms with Gasteiger partial charge in [-0.2, -0.15) is 0 Å². The van der Waals surface area contributed by atoms with E-state index < -0.39 is 0 Å². The molecule has 2 N–H and O–H groups in total. The monoisotopic (exact) mass is 236 g/mol. The van der Waals surface area contributed by atoms with Crippen LogP contribution < -0.4 is 9.80 Å². The highest BCUT2D eigenvalue weighted by Crippen LogP contribution is 2.34. The van der Waals surface area contributed by atoms with Crippen LogP contribution in [-0.2, 0) is 0 Å². The molecule has 3 aliphatic rings. The van der Waals surface area contributed by atoms with Crippen LogP contribution in [0.4, 0.5) is 0 Å². The van der Waals surface area contributed by atoms with Gasteiger partial charge in [0.15, 0.2) is 0 Å². The smallest absolute Gasteiger partial charge is 0.217 e. The van der Waals surface area contributed by atoms with Crippen LogP contribution in [0.5, 0.6) is 0 Å². The molecule has 0 aromatic rings. The van der Waals surface area contributed by atoms with Gasteiger partial charge in [-0.25, -0.2) is 0 Å². The lowest BCUT2D eigenvalue weighted by Gasteiger charge is -2.41. The Labute approximate surface area is 106 Å². The minimum Gasteiger partial charge on any atom is -0.281 e. The average molecular weight is 236 g/mol. The maximum atomic E-state index is 2.56. The maximum absolute atomic E-state index is 2.56. The molecule has 2 heteroatoms. The van der Waals surface area contributed by atoms with Crippen molar-refractivity contribution in [1.82, 2.24) is 0 Å². The lowest BCUT2D eigenvalue weighted by molar-refractivity contribution is -1.09. The van der Waals surface area contributed by atoms with Crippen LogP contribution in [0.1, 0.15) is 33.6 Å². The highest BCUT2D eigenvalue weighted by atomic mass is 15.4. The number of rotatable bonds is 1. The van der Waals surface area contributed by atoms with E-state index in [9.17, 15) is 0 Å². The number of hydrogen-bond donors (Lipinski definition) is 2. The summed E-state index contributed by atoms with van der Waals surface area (Å²) in [5.41, 5.74) is 1.62. The van der Waals surface area contributed by atoms with Gasteiger partial charge in [0.05, 0.1) is 19.0 Å². The van der Waals surface area contributed by atoms with Crippen LogP contribution >= 0.6 is 0 Å². The SMILES string of the molecule is CC1=C[C@@H](C)[C@H](C2[NH+]3CCC[NH+]2CC3)[C@H](C)C1. The van der Waals surface area contributed by atoms with Crippen LogP contribution in [0.2, 0.25) is 0 Å². The summed E-state index contributed by atoms with van der Waals surface area (Å²) < 4.78 is 0. The standard InChI is InChI=1S/C15H26N2/c1-11-9-12(2)14(13(3)10-11)15-16-5-4-6-17(15)8-7-16/h9,12-15H,4-8,10H2,1-3H3/p+2/t12-,13-,14+/m1/s1. The molecular weight excluding hydrogens is 208 g/mol. The van der Waals surface area contributed by atoms with Gasteiger partial charge in [0.1, 0.15) is 13.1 Å². The number of fused-ring (bicyclic) bond motifs is 2. The zero-order valence-corrected chi connectivity index (χ0v) is 11.6. The molecule has 2 bridgehead atoms. The molecule has 2 aliphatic heterocycles. The molecule has 0 radical (unpaired) electrons. The molecule has 2 unspecified atom stereocenters. The molecule has 0 aromatic heterocycles. The van der Waals surface area contributed by atoms with Gasteiger partial charge in [-0.05, 0) is 25.2 Å². The van der Waals surface area contributed by atoms with Crippen molar-refractivity contribution < 1.29 is 9.80 Å². The van der Waals surface area contributed by atoms with Gasteiger partial charge in [-0.1, -0.05) is 25.5 Å². The van der Waals surface area contributed by atoms with E-state index in [4.69, 9.17) is 0 Å². The zero-order valence-electron chi connectivity index (χ0n) is 11.6. The highest BCUT2D eigenvalue weighted by Gasteiger charge is 2.50. The fourth-order valence-corrected chi connectivity index (χ4v) is 4.99. The van der Waals surface area contributed by atoms with E-state index in [-0.39, 0.29) is 0 Å². The molecule has 5 atom stereocenters. The molecule has 0 aromatic carbocycles. The molecule has 0 amide bonds. The second kappa shape index (κ2) is 4.40. The summed E-state index contributed by atoms with van der Waals surface area (Å²) in [6.45, 7) is 13.0. The molecule has 2 saturated heterocycles. The minimum absolute atomic E-state index is 0.796. The molecule has 3 rings (SSSR count). The Morgan fingerprint density at radius 2 is 1.71 bits per heavy atom. The van der Waals surface area contributed by atoms with E-state index in [2.05, 4.69) is 26.8 Å². The Morgan fingerprint density at radius 1 is 1.06 bits per heavy atom. The van der Waals surface area contributed by atoms with Gasteiger partial charge in [0, 0.05) is 6.42 Å². The number of nitrogens with one attached hydrogen (secondary N) is 2. The second-order valence-electron chi connectivity index (χ2n) is 6.78. The quantitative estimate of drug-likeness (QED) is 0.581. The Kier molecular flexibility index (Phi) is 3.04. The number of quaternary nitrogens is 2. The summed E-state index contributed by atoms with van der Waals surface area (Å²) in [7, 11) is 0. The zero-order chi connectivity index (χ0) is 12.0. The van der Waals surface area contributed by atoms with Crippen LogP contribution in [-0.4, -0.2) is 32.3 Å². The van der Waals surface area contributed by atoms with Crippen molar-refractivity contribution in [2.45, 2.75) is 39.8 Å². The van der Waals surface area contributed by atoms with Gasteiger partial charge < -0.3 is 0 Å². The second-order valence-corrected chi connectivity index (χ2v) is 6.78. The summed E-state index contributed by atoms with van der Waals surface area (Å²) in [5, 5.41) is 0. The molecule has 2 nitrogen and oxygen atoms in total. The van der Waals surface area contributed by atoms with Crippen LogP contribution in [0, 0.1) is 17.8 Å². The summed E-state index contributed by atoms with van der Waals surface area (Å²) in [6, 6.07) is 0. The van der Waals surface area contributed by atoms with Gasteiger partial charge in [-0.3, -0.25) is 9.80 Å². The van der Waals surface area contributed by atoms with Crippen LogP contribution in [0.25, 0.3) is 0 Å². The molecule has 2 heterocycles. The first-order valence-electron chi connectivity index (χ1n) is 7.53. The predicted molar refractivity (Wildman–Crippen MR) is 70.0 cm³/mol. The van der Waals surface area contributed by atoms with Gasteiger partial charge in [-0.15, -0.1) is 0 Å². The Balaban J connectivity index is 1.84. The van der Waals surface area contributed by atoms with E-state index in [0.717, 1.165) is 23.9 Å². The third-order valence-corrected chi connectivity index (χ3v) is 5.48. The maximum Gasteiger partial charge on any atom is 0.217 e. The van der Waals surface area contributed by atoms with E-state index >= 15 is 0 Å². The lowest BCUT2D eigenvalue weighted by Crippen LogP contribution is -3.32. The summed E-state index contributed by atoms with van der Waals surface area (Å²) in [6.07, 6.45) is 6.26. The average Bonchev–Trinajstić information content (AvgIpc) is 2.50. The van der Waals surface area contributed by atoms with Crippen molar-refractivity contribution in [3.05, 3.63) is 11.6 Å². The molecule has 17 heavy (non-hydrogen) atoms. The van der Waals surface area contributed by atoms with Crippen molar-refractivity contribution in [2.24, 2.45) is 17.8 Å². The van der Waals surface area contributed by atoms with Crippen molar-refractivity contribution in [2.75, 3.05) is 26.2 Å². The first-order chi connectivity index (χ1) is 8.16. The molecule has 0 spiro atoms. The first kappa shape index (κ1) is 11.7. The minimum atomic E-state index is 0.796. The van der Waals surface area contributed by atoms with Crippen LogP contribution in [0.15, 0.2) is 11.6 Å². The molecule has 0 saturated carbocycles. The normalized spacial score (nSPS) is 50.2. The van der Waals surface area contributed by atoms with E-state index in [1.165, 1.54) is 39.0 Å². The highest BCUT2D eigenvalue weighted by molar-refractivity contribution is 5.08. The van der Waals surface area contributed by atoms with Crippen molar-refractivity contribution in [3.63, 3.8) is 0 Å². The third kappa shape index (κ3) is 1.96. The fourth-order valence-electron chi connectivity index (χ4n) is 4.99. The molecular formula is C15H28N2+2. The van der Waals surface area contributed by atoms with Crippen LogP contribution in [0.3, 0.4) is 0 Å². The molecule has 2 fully saturated rings. The van der Waals surface area contributed by atoms with Crippen molar-refractivity contribution in [3.8, 4) is 0 Å². The predicted octanol–water partition coefficient (Wildman–Crippen LogP) is -0.262. The molecule has 1 aliphatic carbocycles. The van der Waals surface area contributed by atoms with E-state index in [0.29, 0.717) is 0 Å². The van der Waals surface area contributed by atoms with Gasteiger partial charge in [0.25, 0.3) is 0 Å². The Morgan fingerprint density at radius 3 is 2.29 bits per heavy atom. The number of allylic oxidation sites excluding steroid dienone is 2. The summed E-state index contributed by atoms with van der Waals surface area (Å²) >= 11 is 0. The third-order valence-electron chi connectivity index (χ3n) is 5.48. The topological polar surface area (TPSA) is 8.88 Å². The summed E-state index contributed by atoms with van der Waals surface area (Å²) in [4.78, 5) is 3.84. The van der Waals surface area contributed by atoms with E-state index in [1.54, 1.807) is 5.57 Å². The fraction of sp³-hybridized carbons (Fsp3) is 0.867. The van der Waals surface area contributed by atoms with E-state index in [1.807, 2.05) is 9.80 Å². The molecule has 96 valence electrons.